The molecule has 2 aromatic carbocycles. The van der Waals surface area contributed by atoms with Gasteiger partial charge in [-0.1, -0.05) is 0 Å². The van der Waals surface area contributed by atoms with Crippen LogP contribution in [0.15, 0.2) is 60.8 Å². The Kier molecular flexibility index (Phi) is 6.89. The van der Waals surface area contributed by atoms with E-state index in [0.717, 1.165) is 0 Å². The third-order valence-corrected chi connectivity index (χ3v) is 4.29. The summed E-state index contributed by atoms with van der Waals surface area (Å²) in [5, 5.41) is 7.54. The van der Waals surface area contributed by atoms with Crippen molar-refractivity contribution in [2.45, 2.75) is 6.18 Å². The molecule has 0 aliphatic rings. The smallest absolute Gasteiger partial charge is 0.416 e. The van der Waals surface area contributed by atoms with E-state index < -0.39 is 23.2 Å². The first-order chi connectivity index (χ1) is 15.2. The maximum Gasteiger partial charge on any atom is 0.416 e. The van der Waals surface area contributed by atoms with Crippen molar-refractivity contribution in [2.24, 2.45) is 0 Å². The number of nitrogens with one attached hydrogen (secondary N) is 3. The topological polar surface area (TPSA) is 75.3 Å². The first-order valence-corrected chi connectivity index (χ1v) is 9.47. The molecule has 0 bridgehead atoms. The third kappa shape index (κ3) is 5.91. The average Bonchev–Trinajstić information content (AvgIpc) is 2.75. The summed E-state index contributed by atoms with van der Waals surface area (Å²) in [6, 6.07) is 11.5. The number of hydrogen-bond donors (Lipinski definition) is 3. The number of alkyl halides is 3. The molecule has 3 N–H and O–H groups in total. The largest absolute Gasteiger partial charge is 0.457 e. The van der Waals surface area contributed by atoms with Crippen molar-refractivity contribution in [3.05, 3.63) is 77.9 Å². The van der Waals surface area contributed by atoms with Gasteiger partial charge in [0.15, 0.2) is 5.11 Å². The van der Waals surface area contributed by atoms with Gasteiger partial charge in [0.1, 0.15) is 23.0 Å². The first-order valence-electron chi connectivity index (χ1n) is 9.06. The van der Waals surface area contributed by atoms with Gasteiger partial charge in [-0.3, -0.25) is 9.78 Å². The molecule has 3 aromatic rings. The maximum atomic E-state index is 13.9. The van der Waals surface area contributed by atoms with E-state index in [4.69, 9.17) is 17.0 Å². The quantitative estimate of drug-likeness (QED) is 0.356. The Morgan fingerprint density at radius 2 is 1.72 bits per heavy atom. The highest BCUT2D eigenvalue weighted by Gasteiger charge is 2.31. The number of ether oxygens (including phenoxy) is 1. The van der Waals surface area contributed by atoms with Gasteiger partial charge in [0, 0.05) is 25.0 Å². The zero-order valence-electron chi connectivity index (χ0n) is 16.5. The second-order valence-electron chi connectivity index (χ2n) is 6.35. The van der Waals surface area contributed by atoms with E-state index in [1.807, 2.05) is 0 Å². The number of amides is 1. The lowest BCUT2D eigenvalue weighted by Crippen LogP contribution is -2.20. The molecule has 11 heteroatoms. The van der Waals surface area contributed by atoms with Gasteiger partial charge < -0.3 is 20.7 Å². The second-order valence-corrected chi connectivity index (χ2v) is 6.76. The summed E-state index contributed by atoms with van der Waals surface area (Å²) >= 11 is 5.06. The number of rotatable bonds is 5. The Bertz CT molecular complexity index is 1140. The number of anilines is 2. The van der Waals surface area contributed by atoms with E-state index in [9.17, 15) is 22.4 Å². The molecule has 1 aromatic heterocycles. The van der Waals surface area contributed by atoms with Crippen molar-refractivity contribution in [1.29, 1.82) is 0 Å². The fraction of sp³-hybridized carbons (Fsp3) is 0.0952. The van der Waals surface area contributed by atoms with Crippen molar-refractivity contribution >= 4 is 34.6 Å². The Hall–Kier alpha value is -3.73. The monoisotopic (exact) mass is 464 g/mol. The molecular weight excluding hydrogens is 448 g/mol. The molecule has 1 heterocycles. The van der Waals surface area contributed by atoms with E-state index in [-0.39, 0.29) is 16.7 Å². The van der Waals surface area contributed by atoms with E-state index in [1.165, 1.54) is 19.3 Å². The van der Waals surface area contributed by atoms with E-state index >= 15 is 0 Å². The molecule has 166 valence electrons. The van der Waals surface area contributed by atoms with Crippen LogP contribution in [0.5, 0.6) is 11.5 Å². The summed E-state index contributed by atoms with van der Waals surface area (Å²) in [5.41, 5.74) is -0.715. The molecule has 0 saturated heterocycles. The number of hydrogen-bond acceptors (Lipinski definition) is 4. The van der Waals surface area contributed by atoms with E-state index in [2.05, 4.69) is 20.9 Å². The number of carbonyl (C=O) groups is 1. The van der Waals surface area contributed by atoms with Crippen LogP contribution in [0.4, 0.5) is 28.9 Å². The average molecular weight is 464 g/mol. The molecule has 3 rings (SSSR count). The minimum absolute atomic E-state index is 0.0961. The van der Waals surface area contributed by atoms with Crippen LogP contribution in [0.2, 0.25) is 0 Å². The standard InChI is InChI=1S/C21H16F4N4O2S/c1-26-19(30)18-11-15(8-9-27-18)31-14-5-3-13(4-6-14)28-20(32)29-17-10-12(21(23,24)25)2-7-16(17)22/h2-11H,1H3,(H,26,30)(H2,28,29,32). The van der Waals surface area contributed by atoms with Crippen molar-refractivity contribution < 1.29 is 27.1 Å². The summed E-state index contributed by atoms with van der Waals surface area (Å²) in [6.07, 6.45) is -3.17. The molecule has 32 heavy (non-hydrogen) atoms. The van der Waals surface area contributed by atoms with Gasteiger partial charge in [0.2, 0.25) is 0 Å². The lowest BCUT2D eigenvalue weighted by Gasteiger charge is -2.14. The fourth-order valence-electron chi connectivity index (χ4n) is 2.55. The van der Waals surface area contributed by atoms with Crippen LogP contribution in [-0.2, 0) is 6.18 Å². The van der Waals surface area contributed by atoms with Gasteiger partial charge in [0.25, 0.3) is 5.91 Å². The fourth-order valence-corrected chi connectivity index (χ4v) is 2.78. The lowest BCUT2D eigenvalue weighted by molar-refractivity contribution is -0.137. The highest BCUT2D eigenvalue weighted by molar-refractivity contribution is 7.80. The number of pyridine rings is 1. The van der Waals surface area contributed by atoms with Crippen molar-refractivity contribution in [2.75, 3.05) is 17.7 Å². The summed E-state index contributed by atoms with van der Waals surface area (Å²) in [7, 11) is 1.49. The normalized spacial score (nSPS) is 10.9. The van der Waals surface area contributed by atoms with Crippen molar-refractivity contribution in [1.82, 2.24) is 10.3 Å². The summed E-state index contributed by atoms with van der Waals surface area (Å²) in [6.45, 7) is 0. The first kappa shape index (κ1) is 22.9. The summed E-state index contributed by atoms with van der Waals surface area (Å²) < 4.78 is 58.0. The molecule has 0 radical (unpaired) electrons. The molecule has 0 spiro atoms. The number of thiocarbonyl (C=S) groups is 1. The second kappa shape index (κ2) is 9.60. The van der Waals surface area contributed by atoms with Crippen LogP contribution in [0.25, 0.3) is 0 Å². The Balaban J connectivity index is 1.64. The number of halogens is 4. The Morgan fingerprint density at radius 3 is 2.38 bits per heavy atom. The zero-order valence-corrected chi connectivity index (χ0v) is 17.3. The lowest BCUT2D eigenvalue weighted by atomic mass is 10.2. The van der Waals surface area contributed by atoms with E-state index in [1.54, 1.807) is 30.3 Å². The SMILES string of the molecule is CNC(=O)c1cc(Oc2ccc(NC(=S)Nc3cc(C(F)(F)F)ccc3F)cc2)ccn1. The van der Waals surface area contributed by atoms with Crippen molar-refractivity contribution in [3.63, 3.8) is 0 Å². The van der Waals surface area contributed by atoms with Crippen LogP contribution in [0, 0.1) is 5.82 Å². The Labute approximate surface area is 185 Å². The predicted molar refractivity (Wildman–Crippen MR) is 115 cm³/mol. The molecule has 6 nitrogen and oxygen atoms in total. The van der Waals surface area contributed by atoms with Crippen LogP contribution >= 0.6 is 12.2 Å². The van der Waals surface area contributed by atoms with Gasteiger partial charge in [0.05, 0.1) is 11.3 Å². The minimum atomic E-state index is -4.61. The molecule has 0 aliphatic heterocycles. The molecule has 0 saturated carbocycles. The molecule has 0 unspecified atom stereocenters. The van der Waals surface area contributed by atoms with Crippen LogP contribution in [0.3, 0.4) is 0 Å². The maximum absolute atomic E-state index is 13.9. The minimum Gasteiger partial charge on any atom is -0.457 e. The molecule has 1 amide bonds. The molecule has 0 atom stereocenters. The summed E-state index contributed by atoms with van der Waals surface area (Å²) in [4.78, 5) is 15.6. The van der Waals surface area contributed by atoms with E-state index in [0.29, 0.717) is 35.4 Å². The number of carbonyl (C=O) groups excluding carboxylic acids is 1. The summed E-state index contributed by atoms with van der Waals surface area (Å²) in [5.74, 6) is -0.378. The number of aromatic nitrogens is 1. The van der Waals surface area contributed by atoms with Crippen molar-refractivity contribution in [3.8, 4) is 11.5 Å². The van der Waals surface area contributed by atoms with Gasteiger partial charge in [-0.25, -0.2) is 4.39 Å². The highest BCUT2D eigenvalue weighted by Crippen LogP contribution is 2.32. The van der Waals surface area contributed by atoms with Crippen LogP contribution < -0.4 is 20.7 Å². The van der Waals surface area contributed by atoms with Gasteiger partial charge in [-0.2, -0.15) is 13.2 Å². The molecule has 0 fully saturated rings. The predicted octanol–water partition coefficient (Wildman–Crippen LogP) is 5.20. The third-order valence-electron chi connectivity index (χ3n) is 4.08. The van der Waals surface area contributed by atoms with Gasteiger partial charge in [-0.15, -0.1) is 0 Å². The van der Waals surface area contributed by atoms with Crippen LogP contribution in [0.1, 0.15) is 16.1 Å². The Morgan fingerprint density at radius 1 is 1.00 bits per heavy atom. The zero-order chi connectivity index (χ0) is 23.3. The molecule has 0 aliphatic carbocycles. The highest BCUT2D eigenvalue weighted by atomic mass is 32.1. The number of nitrogens with zero attached hydrogens (tertiary/aromatic N) is 1. The molecular formula is C21H16F4N4O2S. The van der Waals surface area contributed by atoms with Crippen LogP contribution in [-0.4, -0.2) is 23.1 Å². The number of benzene rings is 2. The van der Waals surface area contributed by atoms with Gasteiger partial charge in [-0.05, 0) is 60.7 Å². The van der Waals surface area contributed by atoms with Gasteiger partial charge >= 0.3 is 6.18 Å².